The summed E-state index contributed by atoms with van der Waals surface area (Å²) in [5, 5.41) is 24.9. The van der Waals surface area contributed by atoms with Crippen LogP contribution in [0.25, 0.3) is 0 Å². The van der Waals surface area contributed by atoms with Gasteiger partial charge in [0.25, 0.3) is 0 Å². The zero-order chi connectivity index (χ0) is 10.3. The van der Waals surface area contributed by atoms with Crippen molar-refractivity contribution in [3.05, 3.63) is 29.8 Å². The summed E-state index contributed by atoms with van der Waals surface area (Å²) in [4.78, 5) is 10.3. The smallest absolute Gasteiger partial charge is 1.00 e. The Balaban J connectivity index is -0.000000109. The second kappa shape index (κ2) is 15.3. The van der Waals surface area contributed by atoms with Gasteiger partial charge in [0.2, 0.25) is 0 Å². The average Bonchev–Trinajstić information content (AvgIpc) is 2.06. The first kappa shape index (κ1) is 25.2. The Morgan fingerprint density at radius 3 is 1.88 bits per heavy atom. The minimum atomic E-state index is -1.11. The molecule has 1 aromatic rings. The summed E-state index contributed by atoms with van der Waals surface area (Å²) >= 11 is 0. The van der Waals surface area contributed by atoms with Gasteiger partial charge < -0.3 is 40.1 Å². The van der Waals surface area contributed by atoms with Crippen LogP contribution in [0.1, 0.15) is 17.3 Å². The molecule has 0 fully saturated rings. The number of hydrogen-bond acceptors (Lipinski definition) is 3. The Bertz CT molecular complexity index is 284. The van der Waals surface area contributed by atoms with Gasteiger partial charge in [-0.3, -0.25) is 0 Å². The van der Waals surface area contributed by atoms with Crippen molar-refractivity contribution in [1.82, 2.24) is 0 Å². The van der Waals surface area contributed by atoms with Crippen LogP contribution in [0.5, 0.6) is 5.75 Å². The molecule has 0 spiro atoms. The van der Waals surface area contributed by atoms with E-state index in [0.717, 1.165) is 0 Å². The second-order valence-electron chi connectivity index (χ2n) is 2.14. The number of aromatic hydroxyl groups is 1. The van der Waals surface area contributed by atoms with Gasteiger partial charge in [-0.2, -0.15) is 0 Å². The normalized spacial score (nSPS) is 6.88. The molecule has 0 saturated carbocycles. The van der Waals surface area contributed by atoms with E-state index >= 15 is 0 Å². The van der Waals surface area contributed by atoms with Gasteiger partial charge in [-0.05, 0) is 19.1 Å². The zero-order valence-corrected chi connectivity index (χ0v) is 12.4. The molecule has 0 atom stereocenters. The van der Waals surface area contributed by atoms with Crippen molar-refractivity contribution in [3.8, 4) is 5.75 Å². The van der Waals surface area contributed by atoms with Crippen LogP contribution in [0, 0.1) is 0 Å². The molecule has 0 aromatic heterocycles. The van der Waals surface area contributed by atoms with Crippen LogP contribution in [0.2, 0.25) is 0 Å². The minimum absolute atomic E-state index is 0. The summed E-state index contributed by atoms with van der Waals surface area (Å²) in [6, 6.07) is 5.81. The van der Waals surface area contributed by atoms with Crippen LogP contribution < -0.4 is 24.8 Å². The molecule has 0 amide bonds. The molecule has 88 valence electrons. The molecular formula is C9H12CaCl2O4. The summed E-state index contributed by atoms with van der Waals surface area (Å²) in [5.41, 5.74) is -0.0671. The molecule has 1 rings (SSSR count). The van der Waals surface area contributed by atoms with Crippen LogP contribution in [0.15, 0.2) is 24.3 Å². The predicted molar refractivity (Wildman–Crippen MR) is 53.6 cm³/mol. The molecule has 0 heterocycles. The number of aliphatic hydroxyl groups excluding tert-OH is 1. The van der Waals surface area contributed by atoms with E-state index in [0.29, 0.717) is 0 Å². The molecule has 0 unspecified atom stereocenters. The van der Waals surface area contributed by atoms with Gasteiger partial charge in [0.15, 0.2) is 0 Å². The van der Waals surface area contributed by atoms with E-state index < -0.39 is 5.97 Å². The van der Waals surface area contributed by atoms with Gasteiger partial charge in [-0.1, -0.05) is 12.1 Å². The van der Waals surface area contributed by atoms with E-state index in [2.05, 4.69) is 0 Å². The van der Waals surface area contributed by atoms with E-state index in [1.54, 1.807) is 19.1 Å². The molecular weight excluding hydrogens is 283 g/mol. The fourth-order valence-electron chi connectivity index (χ4n) is 0.654. The Labute approximate surface area is 136 Å². The number of aliphatic hydroxyl groups is 1. The Morgan fingerprint density at radius 1 is 1.25 bits per heavy atom. The third-order valence-corrected chi connectivity index (χ3v) is 1.13. The summed E-state index contributed by atoms with van der Waals surface area (Å²) < 4.78 is 0. The van der Waals surface area contributed by atoms with Crippen molar-refractivity contribution >= 4 is 43.7 Å². The number of carbonyl (C=O) groups is 1. The monoisotopic (exact) mass is 294 g/mol. The number of phenols is 1. The average molecular weight is 295 g/mol. The first-order valence-electron chi connectivity index (χ1n) is 3.75. The fourth-order valence-corrected chi connectivity index (χ4v) is 0.654. The van der Waals surface area contributed by atoms with Crippen LogP contribution in [-0.4, -0.2) is 65.6 Å². The van der Waals surface area contributed by atoms with Crippen LogP contribution in [-0.2, 0) is 0 Å². The number of halogens is 2. The largest absolute Gasteiger partial charge is 2.00 e. The van der Waals surface area contributed by atoms with Gasteiger partial charge in [0, 0.05) is 6.61 Å². The Kier molecular flexibility index (Phi) is 24.1. The molecule has 0 aliphatic carbocycles. The molecule has 0 aliphatic heterocycles. The van der Waals surface area contributed by atoms with Crippen molar-refractivity contribution in [1.29, 1.82) is 0 Å². The quantitative estimate of drug-likeness (QED) is 0.452. The third-order valence-electron chi connectivity index (χ3n) is 1.13. The van der Waals surface area contributed by atoms with E-state index in [-0.39, 0.29) is 80.5 Å². The first-order valence-corrected chi connectivity index (χ1v) is 3.75. The zero-order valence-electron chi connectivity index (χ0n) is 8.73. The fraction of sp³-hybridized carbons (Fsp3) is 0.222. The van der Waals surface area contributed by atoms with Crippen molar-refractivity contribution in [2.45, 2.75) is 6.92 Å². The van der Waals surface area contributed by atoms with Gasteiger partial charge in [-0.15, -0.1) is 0 Å². The molecule has 4 nitrogen and oxygen atoms in total. The number of hydrogen-bond donors (Lipinski definition) is 3. The molecule has 7 heteroatoms. The number of para-hydroxylation sites is 1. The summed E-state index contributed by atoms with van der Waals surface area (Å²) in [7, 11) is 0. The van der Waals surface area contributed by atoms with E-state index in [4.69, 9.17) is 15.3 Å². The van der Waals surface area contributed by atoms with Gasteiger partial charge in [-0.25, -0.2) is 4.79 Å². The molecule has 0 radical (unpaired) electrons. The van der Waals surface area contributed by atoms with Crippen LogP contribution >= 0.6 is 0 Å². The van der Waals surface area contributed by atoms with Crippen molar-refractivity contribution < 1.29 is 44.9 Å². The van der Waals surface area contributed by atoms with E-state index in [9.17, 15) is 4.79 Å². The number of benzene rings is 1. The van der Waals surface area contributed by atoms with Gasteiger partial charge in [0.1, 0.15) is 11.3 Å². The standard InChI is InChI=1S/C7H6O3.C2H6O.Ca.2ClH/c8-6-4-2-1-3-5(6)7(9)10;1-2-3;;;/h1-4,8H,(H,9,10);3H,2H2,1H3;;2*1H/q;;+2;;/p-2. The maximum absolute atomic E-state index is 10.3. The van der Waals surface area contributed by atoms with E-state index in [1.807, 2.05) is 0 Å². The maximum atomic E-state index is 10.3. The molecule has 0 aliphatic rings. The van der Waals surface area contributed by atoms with E-state index in [1.165, 1.54) is 12.1 Å². The molecule has 0 bridgehead atoms. The molecule has 16 heavy (non-hydrogen) atoms. The Hall–Kier alpha value is 0.290. The Morgan fingerprint density at radius 2 is 1.62 bits per heavy atom. The SMILES string of the molecule is CCO.O=C(O)c1ccccc1O.[Ca+2].[Cl-].[Cl-]. The number of carboxylic acid groups (broad SMARTS) is 1. The topological polar surface area (TPSA) is 77.8 Å². The van der Waals surface area contributed by atoms with Crippen LogP contribution in [0.4, 0.5) is 0 Å². The maximum Gasteiger partial charge on any atom is 2.00 e. The predicted octanol–water partition coefficient (Wildman–Crippen LogP) is -5.28. The first-order chi connectivity index (χ1) is 6.13. The summed E-state index contributed by atoms with van der Waals surface area (Å²) in [6.45, 7) is 1.93. The van der Waals surface area contributed by atoms with Crippen molar-refractivity contribution in [3.63, 3.8) is 0 Å². The third kappa shape index (κ3) is 10.8. The van der Waals surface area contributed by atoms with Gasteiger partial charge >= 0.3 is 43.7 Å². The molecule has 3 N–H and O–H groups in total. The number of aromatic carboxylic acids is 1. The number of rotatable bonds is 1. The second-order valence-corrected chi connectivity index (χ2v) is 2.14. The molecule has 0 saturated heterocycles. The summed E-state index contributed by atoms with van der Waals surface area (Å²) in [5.74, 6) is -1.31. The summed E-state index contributed by atoms with van der Waals surface area (Å²) in [6.07, 6.45) is 0. The van der Waals surface area contributed by atoms with Gasteiger partial charge in [0.05, 0.1) is 0 Å². The minimum Gasteiger partial charge on any atom is -1.00 e. The van der Waals surface area contributed by atoms with Crippen molar-refractivity contribution in [2.75, 3.05) is 6.61 Å². The van der Waals surface area contributed by atoms with Crippen LogP contribution in [0.3, 0.4) is 0 Å². The molecule has 1 aromatic carbocycles. The van der Waals surface area contributed by atoms with Crippen molar-refractivity contribution in [2.24, 2.45) is 0 Å². The number of carboxylic acids is 1.